The lowest BCUT2D eigenvalue weighted by Gasteiger charge is -2.42. The normalized spacial score (nSPS) is 24.2. The monoisotopic (exact) mass is 1400 g/mol. The van der Waals surface area contributed by atoms with Gasteiger partial charge in [-0.3, -0.25) is 34.6 Å². The number of primary amides is 1. The molecule has 3 aliphatic heterocycles. The van der Waals surface area contributed by atoms with E-state index in [1.54, 1.807) is 58.1 Å². The number of unbranched alkanes of at least 4 members (excludes halogenated alkanes) is 1. The van der Waals surface area contributed by atoms with Crippen LogP contribution in [0.2, 0.25) is 5.02 Å². The van der Waals surface area contributed by atoms with E-state index in [1.165, 1.54) is 33.1 Å². The number of alkyl carbamates (subject to hydrolysis) is 1. The highest BCUT2D eigenvalue weighted by Crippen LogP contribution is 2.49. The number of rotatable bonds is 26. The minimum absolute atomic E-state index is 0.0284. The van der Waals surface area contributed by atoms with Crippen molar-refractivity contribution in [3.8, 4) is 5.75 Å². The number of anilines is 2. The molecule has 2 aromatic rings. The first kappa shape index (κ1) is 73.4. The summed E-state index contributed by atoms with van der Waals surface area (Å²) >= 11 is 13.4. The van der Waals surface area contributed by atoms with E-state index in [9.17, 15) is 48.3 Å². The SMILES string of the molecule is COc1cc2cc(c1Cl)N(C)C(=O)C[C@H](OC(=O)[C@H](C)N(C)C(=O)c1cc(F)c(NC(=O)[C@H](CCCNC(N)=O)NC(=O)[C@@H](NC(C=O)CCCCNC(=O)C(CBr)CBr)C(C)C)cc1F)[C@]1(C)O[C@H]1[C@H](C)[C@@H]1C[C@@](O)(NC(=O)O1)[C@H](OC)/C=C/C=C(\C)C2. The Labute approximate surface area is 538 Å². The number of alkyl halides is 2. The van der Waals surface area contributed by atoms with Gasteiger partial charge in [0.15, 0.2) is 5.72 Å². The number of nitrogens with two attached hydrogens (primary N) is 1. The summed E-state index contributed by atoms with van der Waals surface area (Å²) in [5.74, 6) is -8.53. The van der Waals surface area contributed by atoms with Gasteiger partial charge in [0.1, 0.15) is 64.7 Å². The first-order valence-electron chi connectivity index (χ1n) is 29.1. The third kappa shape index (κ3) is 19.4. The number of carbonyl (C=O) groups is 9. The molecule has 89 heavy (non-hydrogen) atoms. The smallest absolute Gasteiger partial charge is 0.409 e. The van der Waals surface area contributed by atoms with Crippen molar-refractivity contribution < 1.29 is 80.7 Å². The number of allylic oxidation sites excluding steroid dienone is 3. The van der Waals surface area contributed by atoms with Crippen molar-refractivity contribution in [3.05, 3.63) is 75.9 Å². The van der Waals surface area contributed by atoms with Crippen LogP contribution in [0.25, 0.3) is 0 Å². The number of aldehydes is 1. The number of nitrogens with one attached hydrogen (secondary N) is 6. The third-order valence-electron chi connectivity index (χ3n) is 16.1. The van der Waals surface area contributed by atoms with Crippen molar-refractivity contribution in [1.82, 2.24) is 31.5 Å². The number of benzene rings is 2. The number of fused-ring (bicyclic) bond motifs is 5. The summed E-state index contributed by atoms with van der Waals surface area (Å²) in [6.07, 6.45) is 1.29. The largest absolute Gasteiger partial charge is 0.495 e. The first-order chi connectivity index (χ1) is 42.0. The van der Waals surface area contributed by atoms with E-state index in [1.807, 2.05) is 6.92 Å². The van der Waals surface area contributed by atoms with Crippen LogP contribution in [0, 0.1) is 29.4 Å². The van der Waals surface area contributed by atoms with Gasteiger partial charge in [-0.15, -0.1) is 0 Å². The highest BCUT2D eigenvalue weighted by Gasteiger charge is 2.64. The zero-order valence-corrected chi connectivity index (χ0v) is 55.4. The van der Waals surface area contributed by atoms with Crippen LogP contribution < -0.4 is 47.3 Å². The van der Waals surface area contributed by atoms with Crippen molar-refractivity contribution in [2.24, 2.45) is 23.5 Å². The van der Waals surface area contributed by atoms with E-state index in [2.05, 4.69) is 63.8 Å². The Bertz CT molecular complexity index is 2980. The van der Waals surface area contributed by atoms with Gasteiger partial charge in [-0.2, -0.15) is 0 Å². The summed E-state index contributed by atoms with van der Waals surface area (Å²) in [5.41, 5.74) is 1.97. The number of halogens is 5. The van der Waals surface area contributed by atoms with Crippen LogP contribution in [0.4, 0.5) is 29.7 Å². The molecule has 2 fully saturated rings. The van der Waals surface area contributed by atoms with Crippen LogP contribution in [0.1, 0.15) is 102 Å². The molecule has 11 atom stereocenters. The number of urea groups is 1. The van der Waals surface area contributed by atoms with Crippen LogP contribution in [-0.4, -0.2) is 176 Å². The lowest BCUT2D eigenvalue weighted by molar-refractivity contribution is -0.158. The maximum Gasteiger partial charge on any atom is 0.409 e. The van der Waals surface area contributed by atoms with E-state index in [0.29, 0.717) is 66.9 Å². The molecule has 0 saturated carbocycles. The fraction of sp³-hybridized carbons (Fsp3) is 0.583. The summed E-state index contributed by atoms with van der Waals surface area (Å²) in [5, 5.41) is 28.6. The molecule has 5 rings (SSSR count). The van der Waals surface area contributed by atoms with E-state index in [0.717, 1.165) is 17.5 Å². The lowest BCUT2D eigenvalue weighted by atomic mass is 9.83. The number of likely N-dealkylation sites (N-methyl/N-ethyl adjacent to an activating group) is 1. The molecule has 8 amide bonds. The van der Waals surface area contributed by atoms with Gasteiger partial charge in [0, 0.05) is 63.4 Å². The predicted octanol–water partition coefficient (Wildman–Crippen LogP) is 5.85. The van der Waals surface area contributed by atoms with E-state index in [4.69, 9.17) is 41.0 Å². The molecule has 3 heterocycles. The molecule has 0 aromatic heterocycles. The number of hydrogen-bond donors (Lipinski definition) is 8. The van der Waals surface area contributed by atoms with Crippen LogP contribution in [0.15, 0.2) is 48.1 Å². The zero-order valence-electron chi connectivity index (χ0n) is 51.5. The Morgan fingerprint density at radius 1 is 0.989 bits per heavy atom. The molecular weight excluding hydrogens is 1320 g/mol. The summed E-state index contributed by atoms with van der Waals surface area (Å²) in [6.45, 7) is 10.1. The van der Waals surface area contributed by atoms with Gasteiger partial charge >= 0.3 is 18.1 Å². The van der Waals surface area contributed by atoms with Crippen molar-refractivity contribution in [1.29, 1.82) is 0 Å². The molecule has 4 bridgehead atoms. The molecule has 3 aliphatic rings. The fourth-order valence-corrected chi connectivity index (χ4v) is 12.4. The van der Waals surface area contributed by atoms with E-state index < -0.39 is 143 Å². The van der Waals surface area contributed by atoms with Gasteiger partial charge in [-0.05, 0) is 89.0 Å². The molecule has 9 N–H and O–H groups in total. The summed E-state index contributed by atoms with van der Waals surface area (Å²) in [7, 11) is 5.39. The van der Waals surface area contributed by atoms with Crippen LogP contribution >= 0.6 is 43.5 Å². The zero-order chi connectivity index (χ0) is 66.2. The van der Waals surface area contributed by atoms with Crippen molar-refractivity contribution in [2.75, 3.05) is 62.3 Å². The average molecular weight is 1400 g/mol. The lowest BCUT2D eigenvalue weighted by Crippen LogP contribution is -2.63. The Morgan fingerprint density at radius 3 is 2.30 bits per heavy atom. The Kier molecular flexibility index (Phi) is 27.3. The predicted molar refractivity (Wildman–Crippen MR) is 334 cm³/mol. The van der Waals surface area contributed by atoms with E-state index >= 15 is 8.78 Å². The standard InChI is InChI=1S/C60H82Br2ClF2N9O15/c1-31(2)50(69-37(30-75)16-11-12-19-67-52(77)36(28-61)29-62)54(79)70-41(17-14-20-68-57(66)82)53(78)71-42-25-39(64)38(24-40(42)65)55(80)73(7)34(5)56(81)88-47-26-48(76)74(8)43-22-35(23-44(85-9)49(43)63)21-32(3)15-13-18-46(86-10)60(84)27-45(87-58(83)72-60)33(4)51-59(47,6)89-51/h13,15,18,22-25,30-31,33-34,36-37,41,45-47,50-51,69,84H,11-12,14,16-17,19-21,26-29H2,1-10H3,(H,67,77)(H,70,79)(H,71,78)(H,72,83)(H3,66,68,82)/b18-13+,32-15+/t33-,34+,37?,41+,45+,46-,47+,50+,51+,59+,60+/m1/s1. The van der Waals surface area contributed by atoms with Gasteiger partial charge in [-0.1, -0.05) is 88.0 Å². The van der Waals surface area contributed by atoms with Crippen LogP contribution in [-0.2, 0) is 54.1 Å². The van der Waals surface area contributed by atoms with Gasteiger partial charge in [0.2, 0.25) is 23.6 Å². The fourth-order valence-electron chi connectivity index (χ4n) is 10.5. The number of aliphatic hydroxyl groups is 1. The van der Waals surface area contributed by atoms with E-state index in [-0.39, 0.29) is 54.1 Å². The molecule has 492 valence electrons. The number of epoxide rings is 1. The second-order valence-corrected chi connectivity index (χ2v) is 24.7. The quantitative estimate of drug-likeness (QED) is 0.0180. The first-order valence-corrected chi connectivity index (χ1v) is 31.7. The van der Waals surface area contributed by atoms with Gasteiger partial charge in [-0.25, -0.2) is 23.2 Å². The number of ether oxygens (including phenoxy) is 5. The number of hydrogen-bond acceptors (Lipinski definition) is 16. The topological polar surface area (TPSA) is 328 Å². The maximum absolute atomic E-state index is 16.2. The average Bonchev–Trinajstić information content (AvgIpc) is 1.72. The van der Waals surface area contributed by atoms with Crippen molar-refractivity contribution >= 4 is 109 Å². The Morgan fingerprint density at radius 2 is 1.67 bits per heavy atom. The highest BCUT2D eigenvalue weighted by atomic mass is 79.9. The summed E-state index contributed by atoms with van der Waals surface area (Å²) in [6, 6.07) is -1.19. The molecule has 1 unspecified atom stereocenters. The molecule has 24 nitrogen and oxygen atoms in total. The molecule has 2 aromatic carbocycles. The highest BCUT2D eigenvalue weighted by molar-refractivity contribution is 9.09. The second-order valence-electron chi connectivity index (χ2n) is 23.0. The number of methoxy groups -OCH3 is 2. The molecule has 0 spiro atoms. The molecule has 29 heteroatoms. The minimum atomic E-state index is -1.97. The molecule has 2 saturated heterocycles. The minimum Gasteiger partial charge on any atom is -0.495 e. The summed E-state index contributed by atoms with van der Waals surface area (Å²) < 4.78 is 61.6. The second kappa shape index (κ2) is 33.1. The number of carbonyl (C=O) groups excluding carboxylic acids is 9. The van der Waals surface area contributed by atoms with Crippen LogP contribution in [0.5, 0.6) is 5.75 Å². The summed E-state index contributed by atoms with van der Waals surface area (Å²) in [4.78, 5) is 122. The van der Waals surface area contributed by atoms with Gasteiger partial charge < -0.3 is 70.4 Å². The molecular formula is C60H82Br2ClF2N9O15. The Balaban J connectivity index is 1.35. The number of amides is 8. The van der Waals surface area contributed by atoms with Gasteiger partial charge in [0.05, 0.1) is 54.6 Å². The molecule has 0 radical (unpaired) electrons. The number of esters is 1. The third-order valence-corrected chi connectivity index (χ3v) is 18.0. The maximum atomic E-state index is 16.2. The van der Waals surface area contributed by atoms with Crippen molar-refractivity contribution in [2.45, 2.75) is 153 Å². The van der Waals surface area contributed by atoms with Crippen molar-refractivity contribution in [3.63, 3.8) is 0 Å². The Hall–Kier alpha value is -6.30. The van der Waals surface area contributed by atoms with Gasteiger partial charge in [0.25, 0.3) is 5.91 Å². The van der Waals surface area contributed by atoms with Crippen LogP contribution in [0.3, 0.4) is 0 Å². The number of nitrogens with zero attached hydrogens (tertiary/aromatic N) is 2. The molecule has 0 aliphatic carbocycles.